The number of nitrogens with two attached hydrogens (primary N) is 1. The van der Waals surface area contributed by atoms with Crippen molar-refractivity contribution in [2.45, 2.75) is 45.4 Å². The Morgan fingerprint density at radius 1 is 1.35 bits per heavy atom. The minimum Gasteiger partial charge on any atom is -0.492 e. The van der Waals surface area contributed by atoms with Crippen LogP contribution in [0.3, 0.4) is 0 Å². The van der Waals surface area contributed by atoms with Gasteiger partial charge in [0.15, 0.2) is 0 Å². The first-order chi connectivity index (χ1) is 9.54. The Bertz CT molecular complexity index is 436. The summed E-state index contributed by atoms with van der Waals surface area (Å²) in [5.41, 5.74) is 3.32. The van der Waals surface area contributed by atoms with Crippen LogP contribution in [0.4, 0.5) is 0 Å². The molecule has 1 rings (SSSR count). The number of amides is 1. The molecule has 4 nitrogen and oxygen atoms in total. The van der Waals surface area contributed by atoms with E-state index < -0.39 is 0 Å². The summed E-state index contributed by atoms with van der Waals surface area (Å²) >= 11 is 6.18. The molecule has 0 aliphatic heterocycles. The molecule has 0 aliphatic carbocycles. The van der Waals surface area contributed by atoms with Gasteiger partial charge in [-0.3, -0.25) is 10.2 Å². The Morgan fingerprint density at radius 3 is 2.70 bits per heavy atom. The van der Waals surface area contributed by atoms with Crippen LogP contribution >= 0.6 is 11.6 Å². The zero-order chi connectivity index (χ0) is 15.0. The molecule has 0 unspecified atom stereocenters. The third kappa shape index (κ3) is 5.80. The average Bonchev–Trinajstić information content (AvgIpc) is 2.43. The molecule has 0 atom stereocenters. The van der Waals surface area contributed by atoms with Crippen molar-refractivity contribution in [3.63, 3.8) is 0 Å². The summed E-state index contributed by atoms with van der Waals surface area (Å²) < 4.78 is 5.65. The number of hydrogen-bond donors (Lipinski definition) is 2. The minimum absolute atomic E-state index is 0.127. The Balaban J connectivity index is 2.27. The smallest absolute Gasteiger partial charge is 0.233 e. The Labute approximate surface area is 125 Å². The minimum atomic E-state index is -0.127. The van der Waals surface area contributed by atoms with E-state index in [0.29, 0.717) is 24.0 Å². The molecule has 0 aromatic heterocycles. The number of hydrazine groups is 1. The fourth-order valence-electron chi connectivity index (χ4n) is 1.81. The SMILES string of the molecule is CC(C)c1ccc(OCCCCCC(=O)NN)c(Cl)c1. The van der Waals surface area contributed by atoms with Crippen LogP contribution in [0, 0.1) is 0 Å². The lowest BCUT2D eigenvalue weighted by molar-refractivity contribution is -0.121. The first kappa shape index (κ1) is 16.8. The molecule has 0 radical (unpaired) electrons. The predicted octanol–water partition coefficient (Wildman–Crippen LogP) is 3.39. The van der Waals surface area contributed by atoms with Gasteiger partial charge in [-0.25, -0.2) is 5.84 Å². The van der Waals surface area contributed by atoms with Crippen molar-refractivity contribution in [1.82, 2.24) is 5.43 Å². The normalized spacial score (nSPS) is 10.7. The number of carbonyl (C=O) groups is 1. The van der Waals surface area contributed by atoms with Gasteiger partial charge in [0.2, 0.25) is 5.91 Å². The molecule has 112 valence electrons. The lowest BCUT2D eigenvalue weighted by atomic mass is 10.0. The summed E-state index contributed by atoms with van der Waals surface area (Å²) in [6, 6.07) is 5.91. The van der Waals surface area contributed by atoms with Crippen LogP contribution < -0.4 is 16.0 Å². The van der Waals surface area contributed by atoms with Crippen LogP contribution in [-0.4, -0.2) is 12.5 Å². The fraction of sp³-hybridized carbons (Fsp3) is 0.533. The highest BCUT2D eigenvalue weighted by atomic mass is 35.5. The fourth-order valence-corrected chi connectivity index (χ4v) is 2.06. The Morgan fingerprint density at radius 2 is 2.10 bits per heavy atom. The zero-order valence-corrected chi connectivity index (χ0v) is 12.9. The third-order valence-electron chi connectivity index (χ3n) is 3.09. The highest BCUT2D eigenvalue weighted by Gasteiger charge is 2.05. The van der Waals surface area contributed by atoms with Crippen molar-refractivity contribution >= 4 is 17.5 Å². The molecule has 0 saturated carbocycles. The summed E-state index contributed by atoms with van der Waals surface area (Å²) in [6.45, 7) is 4.86. The van der Waals surface area contributed by atoms with Gasteiger partial charge in [0.1, 0.15) is 5.75 Å². The molecule has 3 N–H and O–H groups in total. The van der Waals surface area contributed by atoms with E-state index in [0.717, 1.165) is 25.0 Å². The number of rotatable bonds is 8. The first-order valence-electron chi connectivity index (χ1n) is 6.96. The van der Waals surface area contributed by atoms with Crippen molar-refractivity contribution in [1.29, 1.82) is 0 Å². The molecule has 1 aromatic carbocycles. The van der Waals surface area contributed by atoms with Gasteiger partial charge in [-0.05, 0) is 42.9 Å². The molecule has 20 heavy (non-hydrogen) atoms. The molecule has 0 aliphatic rings. The summed E-state index contributed by atoms with van der Waals surface area (Å²) in [7, 11) is 0. The van der Waals surface area contributed by atoms with Gasteiger partial charge in [0.25, 0.3) is 0 Å². The van der Waals surface area contributed by atoms with E-state index in [-0.39, 0.29) is 5.91 Å². The van der Waals surface area contributed by atoms with E-state index in [1.54, 1.807) is 0 Å². The second-order valence-corrected chi connectivity index (χ2v) is 5.48. The van der Waals surface area contributed by atoms with E-state index >= 15 is 0 Å². The summed E-state index contributed by atoms with van der Waals surface area (Å²) in [5.74, 6) is 6.05. The molecule has 5 heteroatoms. The van der Waals surface area contributed by atoms with E-state index in [4.69, 9.17) is 22.2 Å². The van der Waals surface area contributed by atoms with E-state index in [1.807, 2.05) is 18.2 Å². The Kier molecular flexibility index (Phi) is 7.41. The van der Waals surface area contributed by atoms with Crippen molar-refractivity contribution in [3.05, 3.63) is 28.8 Å². The average molecular weight is 299 g/mol. The number of carbonyl (C=O) groups excluding carboxylic acids is 1. The molecule has 0 bridgehead atoms. The second kappa shape index (κ2) is 8.82. The van der Waals surface area contributed by atoms with Gasteiger partial charge in [-0.15, -0.1) is 0 Å². The van der Waals surface area contributed by atoms with Crippen LogP contribution in [0.5, 0.6) is 5.75 Å². The summed E-state index contributed by atoms with van der Waals surface area (Å²) in [5, 5.41) is 0.652. The molecule has 0 fully saturated rings. The largest absolute Gasteiger partial charge is 0.492 e. The quantitative estimate of drug-likeness (QED) is 0.335. The number of halogens is 1. The topological polar surface area (TPSA) is 64.3 Å². The molecule has 1 aromatic rings. The highest BCUT2D eigenvalue weighted by molar-refractivity contribution is 6.32. The second-order valence-electron chi connectivity index (χ2n) is 5.07. The molecule has 0 spiro atoms. The maximum atomic E-state index is 10.9. The van der Waals surface area contributed by atoms with Gasteiger partial charge >= 0.3 is 0 Å². The standard InChI is InChI=1S/C15H23ClN2O2/c1-11(2)12-7-8-14(13(16)10-12)20-9-5-3-4-6-15(19)18-17/h7-8,10-11H,3-6,9,17H2,1-2H3,(H,18,19). The monoisotopic (exact) mass is 298 g/mol. The van der Waals surface area contributed by atoms with Crippen LogP contribution in [0.15, 0.2) is 18.2 Å². The van der Waals surface area contributed by atoms with Gasteiger partial charge in [0, 0.05) is 6.42 Å². The maximum absolute atomic E-state index is 10.9. The van der Waals surface area contributed by atoms with Gasteiger partial charge in [-0.1, -0.05) is 31.5 Å². The van der Waals surface area contributed by atoms with Crippen molar-refractivity contribution < 1.29 is 9.53 Å². The zero-order valence-electron chi connectivity index (χ0n) is 12.1. The van der Waals surface area contributed by atoms with Crippen LogP contribution in [0.1, 0.15) is 51.0 Å². The predicted molar refractivity (Wildman–Crippen MR) is 81.8 cm³/mol. The van der Waals surface area contributed by atoms with Crippen molar-refractivity contribution in [2.24, 2.45) is 5.84 Å². The Hall–Kier alpha value is -1.26. The molecular weight excluding hydrogens is 276 g/mol. The lowest BCUT2D eigenvalue weighted by Gasteiger charge is -2.11. The number of hydrogen-bond acceptors (Lipinski definition) is 3. The van der Waals surface area contributed by atoms with E-state index in [1.165, 1.54) is 5.56 Å². The number of benzene rings is 1. The first-order valence-corrected chi connectivity index (χ1v) is 7.34. The highest BCUT2D eigenvalue weighted by Crippen LogP contribution is 2.28. The van der Waals surface area contributed by atoms with Gasteiger partial charge < -0.3 is 4.74 Å². The molecule has 1 amide bonds. The molecule has 0 heterocycles. The van der Waals surface area contributed by atoms with Crippen LogP contribution in [0.2, 0.25) is 5.02 Å². The molecular formula is C15H23ClN2O2. The number of unbranched alkanes of at least 4 members (excludes halogenated alkanes) is 2. The maximum Gasteiger partial charge on any atom is 0.233 e. The lowest BCUT2D eigenvalue weighted by Crippen LogP contribution is -2.29. The third-order valence-corrected chi connectivity index (χ3v) is 3.38. The molecule has 0 saturated heterocycles. The summed E-state index contributed by atoms with van der Waals surface area (Å²) in [6.07, 6.45) is 3.09. The van der Waals surface area contributed by atoms with Crippen LogP contribution in [-0.2, 0) is 4.79 Å². The summed E-state index contributed by atoms with van der Waals surface area (Å²) in [4.78, 5) is 10.9. The van der Waals surface area contributed by atoms with Crippen molar-refractivity contribution in [2.75, 3.05) is 6.61 Å². The van der Waals surface area contributed by atoms with Gasteiger partial charge in [-0.2, -0.15) is 0 Å². The number of nitrogens with one attached hydrogen (secondary N) is 1. The van der Waals surface area contributed by atoms with Gasteiger partial charge in [0.05, 0.1) is 11.6 Å². The van der Waals surface area contributed by atoms with E-state index in [9.17, 15) is 4.79 Å². The van der Waals surface area contributed by atoms with Crippen LogP contribution in [0.25, 0.3) is 0 Å². The van der Waals surface area contributed by atoms with E-state index in [2.05, 4.69) is 19.3 Å². The number of ether oxygens (including phenoxy) is 1. The van der Waals surface area contributed by atoms with Crippen molar-refractivity contribution in [3.8, 4) is 5.75 Å².